The van der Waals surface area contributed by atoms with Crippen molar-refractivity contribution in [3.05, 3.63) is 35.6 Å². The number of rotatable bonds is 3. The van der Waals surface area contributed by atoms with Gasteiger partial charge < -0.3 is 10.4 Å². The number of fused-ring (bicyclic) bond motifs is 5. The third-order valence-electron chi connectivity index (χ3n) is 10.4. The van der Waals surface area contributed by atoms with Gasteiger partial charge in [-0.2, -0.15) is 0 Å². The molecule has 9 atom stereocenters. The van der Waals surface area contributed by atoms with Crippen LogP contribution in [0.3, 0.4) is 0 Å². The van der Waals surface area contributed by atoms with E-state index in [2.05, 4.69) is 19.2 Å². The van der Waals surface area contributed by atoms with Crippen LogP contribution in [0.5, 0.6) is 0 Å². The molecule has 4 aliphatic carbocycles. The van der Waals surface area contributed by atoms with Gasteiger partial charge in [0.1, 0.15) is 5.82 Å². The van der Waals surface area contributed by atoms with E-state index >= 15 is 0 Å². The summed E-state index contributed by atoms with van der Waals surface area (Å²) < 4.78 is 13.2. The van der Waals surface area contributed by atoms with Gasteiger partial charge >= 0.3 is 0 Å². The zero-order valence-electron chi connectivity index (χ0n) is 19.9. The Labute approximate surface area is 192 Å². The molecule has 0 bridgehead atoms. The monoisotopic (exact) mass is 441 g/mol. The fourth-order valence-electron chi connectivity index (χ4n) is 8.94. The van der Waals surface area contributed by atoms with E-state index in [0.717, 1.165) is 42.4 Å². The smallest absolute Gasteiger partial charge is 0.251 e. The van der Waals surface area contributed by atoms with Gasteiger partial charge in [0.2, 0.25) is 0 Å². The quantitative estimate of drug-likeness (QED) is 0.608. The molecular weight excluding hydrogens is 401 g/mol. The number of halogens is 1. The summed E-state index contributed by atoms with van der Waals surface area (Å²) in [6.45, 7) is 6.71. The van der Waals surface area contributed by atoms with E-state index in [1.54, 1.807) is 12.1 Å². The first-order chi connectivity index (χ1) is 15.2. The van der Waals surface area contributed by atoms with Gasteiger partial charge in [0, 0.05) is 11.6 Å². The highest BCUT2D eigenvalue weighted by atomic mass is 19.1. The topological polar surface area (TPSA) is 49.3 Å². The standard InChI is InChI=1S/C28H40FNO2/c1-17(30-26(31)18-4-7-20(29)8-5-18)24-10-11-25-23-9-6-19-16-27(2,32)14-12-21(19)22(23)13-15-28(24,25)3/h4-5,7-8,17,19,21-25,32H,6,9-16H2,1-3H3,(H,30,31)/t17-,19+,21-,22+,23+,24+,25-,27+,28+/m0/s1. The Balaban J connectivity index is 1.27. The molecule has 176 valence electrons. The molecule has 32 heavy (non-hydrogen) atoms. The highest BCUT2D eigenvalue weighted by molar-refractivity contribution is 5.94. The van der Waals surface area contributed by atoms with Crippen molar-refractivity contribution in [1.29, 1.82) is 0 Å². The van der Waals surface area contributed by atoms with Crippen LogP contribution < -0.4 is 5.32 Å². The van der Waals surface area contributed by atoms with Crippen LogP contribution in [0.25, 0.3) is 0 Å². The Hall–Kier alpha value is -1.42. The number of carbonyl (C=O) groups is 1. The number of amides is 1. The maximum absolute atomic E-state index is 13.2. The predicted octanol–water partition coefficient (Wildman–Crippen LogP) is 5.96. The Kier molecular flexibility index (Phi) is 5.67. The lowest BCUT2D eigenvalue weighted by Crippen LogP contribution is -2.52. The van der Waals surface area contributed by atoms with Gasteiger partial charge in [-0.15, -0.1) is 0 Å². The van der Waals surface area contributed by atoms with Crippen molar-refractivity contribution >= 4 is 5.91 Å². The molecule has 2 N–H and O–H groups in total. The van der Waals surface area contributed by atoms with E-state index in [1.165, 1.54) is 57.1 Å². The van der Waals surface area contributed by atoms with Gasteiger partial charge in [-0.1, -0.05) is 6.92 Å². The molecule has 3 nitrogen and oxygen atoms in total. The van der Waals surface area contributed by atoms with Gasteiger partial charge in [-0.3, -0.25) is 4.79 Å². The molecule has 4 fully saturated rings. The SMILES string of the molecule is C[C@H](NC(=O)c1ccc(F)cc1)[C@H]1CC[C@H]2[C@@H]3CC[C@@H]4C[C@](C)(O)CC[C@@H]4[C@H]3CC[C@]12C. The van der Waals surface area contributed by atoms with Crippen LogP contribution in [0.2, 0.25) is 0 Å². The zero-order chi connectivity index (χ0) is 22.7. The van der Waals surface area contributed by atoms with E-state index in [1.807, 2.05) is 6.92 Å². The molecule has 5 rings (SSSR count). The van der Waals surface area contributed by atoms with Crippen molar-refractivity contribution < 1.29 is 14.3 Å². The van der Waals surface area contributed by atoms with Gasteiger partial charge in [-0.05, 0) is 137 Å². The van der Waals surface area contributed by atoms with Gasteiger partial charge in [0.25, 0.3) is 5.91 Å². The molecule has 0 unspecified atom stereocenters. The summed E-state index contributed by atoms with van der Waals surface area (Å²) in [5.74, 6) is 4.06. The molecule has 0 spiro atoms. The van der Waals surface area contributed by atoms with E-state index in [-0.39, 0.29) is 17.8 Å². The lowest BCUT2D eigenvalue weighted by molar-refractivity contribution is -0.101. The number of carbonyl (C=O) groups excluding carboxylic acids is 1. The van der Waals surface area contributed by atoms with E-state index in [4.69, 9.17) is 0 Å². The first-order valence-electron chi connectivity index (χ1n) is 13.0. The van der Waals surface area contributed by atoms with Crippen molar-refractivity contribution in [3.63, 3.8) is 0 Å². The van der Waals surface area contributed by atoms with Crippen LogP contribution >= 0.6 is 0 Å². The maximum Gasteiger partial charge on any atom is 0.251 e. The third-order valence-corrected chi connectivity index (χ3v) is 10.4. The molecule has 4 aliphatic rings. The molecular formula is C28H40FNO2. The second-order valence-corrected chi connectivity index (χ2v) is 12.2. The Morgan fingerprint density at radius 2 is 1.72 bits per heavy atom. The second-order valence-electron chi connectivity index (χ2n) is 12.2. The van der Waals surface area contributed by atoms with Crippen LogP contribution in [0.15, 0.2) is 24.3 Å². The first-order valence-corrected chi connectivity index (χ1v) is 13.0. The molecule has 0 aliphatic heterocycles. The lowest BCUT2D eigenvalue weighted by Gasteiger charge is -2.57. The largest absolute Gasteiger partial charge is 0.390 e. The second kappa shape index (κ2) is 8.11. The van der Waals surface area contributed by atoms with Crippen LogP contribution in [0, 0.1) is 46.7 Å². The van der Waals surface area contributed by atoms with Crippen molar-refractivity contribution in [2.24, 2.45) is 40.9 Å². The van der Waals surface area contributed by atoms with Crippen molar-refractivity contribution in [1.82, 2.24) is 5.32 Å². The van der Waals surface area contributed by atoms with Crippen LogP contribution in [-0.4, -0.2) is 22.7 Å². The molecule has 0 heterocycles. The number of nitrogens with one attached hydrogen (secondary N) is 1. The van der Waals surface area contributed by atoms with E-state index in [9.17, 15) is 14.3 Å². The number of hydrogen-bond acceptors (Lipinski definition) is 2. The van der Waals surface area contributed by atoms with Gasteiger partial charge in [0.15, 0.2) is 0 Å². The van der Waals surface area contributed by atoms with E-state index < -0.39 is 5.60 Å². The molecule has 4 heteroatoms. The predicted molar refractivity (Wildman–Crippen MR) is 125 cm³/mol. The van der Waals surface area contributed by atoms with E-state index in [0.29, 0.717) is 16.9 Å². The number of hydrogen-bond donors (Lipinski definition) is 2. The molecule has 4 saturated carbocycles. The summed E-state index contributed by atoms with van der Waals surface area (Å²) in [4.78, 5) is 12.8. The summed E-state index contributed by atoms with van der Waals surface area (Å²) in [5.41, 5.74) is 0.380. The van der Waals surface area contributed by atoms with Crippen molar-refractivity contribution in [2.75, 3.05) is 0 Å². The van der Waals surface area contributed by atoms with Crippen molar-refractivity contribution in [3.8, 4) is 0 Å². The van der Waals surface area contributed by atoms with Crippen LogP contribution in [-0.2, 0) is 0 Å². The Morgan fingerprint density at radius 3 is 2.47 bits per heavy atom. The molecule has 1 amide bonds. The average molecular weight is 442 g/mol. The minimum Gasteiger partial charge on any atom is -0.390 e. The molecule has 0 radical (unpaired) electrons. The maximum atomic E-state index is 13.2. The fraction of sp³-hybridized carbons (Fsp3) is 0.750. The highest BCUT2D eigenvalue weighted by Gasteiger charge is 2.58. The molecule has 0 saturated heterocycles. The Morgan fingerprint density at radius 1 is 1.00 bits per heavy atom. The van der Waals surface area contributed by atoms with Crippen molar-refractivity contribution in [2.45, 2.75) is 90.2 Å². The molecule has 0 aromatic heterocycles. The fourth-order valence-corrected chi connectivity index (χ4v) is 8.94. The summed E-state index contributed by atoms with van der Waals surface area (Å²) in [5, 5.41) is 13.9. The number of benzene rings is 1. The number of aliphatic hydroxyl groups is 1. The Bertz CT molecular complexity index is 851. The van der Waals surface area contributed by atoms with Crippen LogP contribution in [0.4, 0.5) is 4.39 Å². The first kappa shape index (κ1) is 22.4. The lowest BCUT2D eigenvalue weighted by atomic mass is 9.49. The summed E-state index contributed by atoms with van der Waals surface area (Å²) in [6, 6.07) is 5.98. The average Bonchev–Trinajstić information content (AvgIpc) is 3.10. The van der Waals surface area contributed by atoms with Gasteiger partial charge in [-0.25, -0.2) is 4.39 Å². The normalized spacial score (nSPS) is 44.2. The van der Waals surface area contributed by atoms with Gasteiger partial charge in [0.05, 0.1) is 5.60 Å². The summed E-state index contributed by atoms with van der Waals surface area (Å²) >= 11 is 0. The van der Waals surface area contributed by atoms with Crippen LogP contribution in [0.1, 0.15) is 88.9 Å². The molecule has 1 aromatic rings. The highest BCUT2D eigenvalue weighted by Crippen LogP contribution is 2.65. The molecule has 1 aromatic carbocycles. The third kappa shape index (κ3) is 3.81. The summed E-state index contributed by atoms with van der Waals surface area (Å²) in [7, 11) is 0. The summed E-state index contributed by atoms with van der Waals surface area (Å²) in [6.07, 6.45) is 10.8. The minimum absolute atomic E-state index is 0.0898. The minimum atomic E-state index is -0.451. The zero-order valence-corrected chi connectivity index (χ0v) is 19.9.